The maximum absolute atomic E-state index is 13.8. The summed E-state index contributed by atoms with van der Waals surface area (Å²) in [7, 11) is 1.35. The number of methoxy groups -OCH3 is 1. The molecule has 1 N–H and O–H groups in total. The predicted molar refractivity (Wildman–Crippen MR) is 106 cm³/mol. The van der Waals surface area contributed by atoms with E-state index in [1.54, 1.807) is 12.1 Å². The number of ether oxygens (including phenoxy) is 1. The second kappa shape index (κ2) is 8.98. The fraction of sp³-hybridized carbons (Fsp3) is 0.316. The van der Waals surface area contributed by atoms with Gasteiger partial charge in [-0.2, -0.15) is 18.3 Å². The molecule has 3 rings (SSSR count). The molecule has 0 fully saturated rings. The van der Waals surface area contributed by atoms with Crippen LogP contribution in [0.5, 0.6) is 5.88 Å². The first kappa shape index (κ1) is 22.0. The predicted octanol–water partition coefficient (Wildman–Crippen LogP) is 3.18. The lowest BCUT2D eigenvalue weighted by atomic mass is 10.2. The highest BCUT2D eigenvalue weighted by molar-refractivity contribution is 6.05. The van der Waals surface area contributed by atoms with Gasteiger partial charge in [-0.25, -0.2) is 9.67 Å². The first-order valence-corrected chi connectivity index (χ1v) is 9.34. The highest BCUT2D eigenvalue weighted by Crippen LogP contribution is 2.33. The number of carbonyl (C=O) groups is 1. The Morgan fingerprint density at radius 3 is 2.39 bits per heavy atom. The molecule has 0 saturated carbocycles. The van der Waals surface area contributed by atoms with Gasteiger partial charge in [-0.05, 0) is 32.0 Å². The summed E-state index contributed by atoms with van der Waals surface area (Å²) in [6, 6.07) is 5.85. The van der Waals surface area contributed by atoms with Crippen molar-refractivity contribution in [3.8, 4) is 11.7 Å². The Balaban J connectivity index is 1.89. The zero-order valence-corrected chi connectivity index (χ0v) is 17.0. The van der Waals surface area contributed by atoms with Crippen LogP contribution in [-0.2, 0) is 6.18 Å². The number of amides is 1. The Morgan fingerprint density at radius 1 is 1.13 bits per heavy atom. The lowest BCUT2D eigenvalue weighted by Crippen LogP contribution is -2.23. The summed E-state index contributed by atoms with van der Waals surface area (Å²) in [4.78, 5) is 18.8. The normalized spacial score (nSPS) is 11.3. The number of halogens is 3. The molecule has 0 unspecified atom stereocenters. The molecule has 0 aliphatic heterocycles. The average molecular weight is 435 g/mol. The monoisotopic (exact) mass is 435 g/mol. The number of carbonyl (C=O) groups excluding carboxylic acids is 1. The maximum Gasteiger partial charge on any atom is 0.434 e. The second-order valence-electron chi connectivity index (χ2n) is 6.28. The van der Waals surface area contributed by atoms with Crippen LogP contribution in [0.1, 0.15) is 29.9 Å². The van der Waals surface area contributed by atoms with Crippen LogP contribution in [0.25, 0.3) is 5.82 Å². The van der Waals surface area contributed by atoms with E-state index in [9.17, 15) is 18.0 Å². The van der Waals surface area contributed by atoms with Crippen molar-refractivity contribution in [2.45, 2.75) is 20.0 Å². The molecule has 0 radical (unpaired) electrons. The van der Waals surface area contributed by atoms with E-state index < -0.39 is 23.3 Å². The zero-order valence-electron chi connectivity index (χ0n) is 17.0. The third-order valence-electron chi connectivity index (χ3n) is 4.43. The van der Waals surface area contributed by atoms with Gasteiger partial charge in [0.25, 0.3) is 5.91 Å². The summed E-state index contributed by atoms with van der Waals surface area (Å²) in [6.07, 6.45) is -2.64. The van der Waals surface area contributed by atoms with Crippen LogP contribution in [0.3, 0.4) is 0 Å². The zero-order chi connectivity index (χ0) is 22.6. The minimum absolute atomic E-state index is 0.128. The summed E-state index contributed by atoms with van der Waals surface area (Å²) < 4.78 is 46.6. The van der Waals surface area contributed by atoms with Gasteiger partial charge in [0.2, 0.25) is 5.88 Å². The van der Waals surface area contributed by atoms with Crippen LogP contribution in [0.2, 0.25) is 0 Å². The van der Waals surface area contributed by atoms with E-state index in [1.807, 2.05) is 18.7 Å². The van der Waals surface area contributed by atoms with Crippen LogP contribution >= 0.6 is 0 Å². The lowest BCUT2D eigenvalue weighted by molar-refractivity contribution is -0.143. The quantitative estimate of drug-likeness (QED) is 0.609. The van der Waals surface area contributed by atoms with E-state index in [0.717, 1.165) is 19.3 Å². The Hall–Kier alpha value is -3.70. The number of rotatable bonds is 7. The number of nitrogens with one attached hydrogen (secondary N) is 1. The second-order valence-corrected chi connectivity index (χ2v) is 6.28. The van der Waals surface area contributed by atoms with Gasteiger partial charge in [0.15, 0.2) is 11.5 Å². The van der Waals surface area contributed by atoms with Gasteiger partial charge in [0.05, 0.1) is 30.8 Å². The molecule has 0 aliphatic rings. The van der Waals surface area contributed by atoms with E-state index >= 15 is 0 Å². The Morgan fingerprint density at radius 2 is 1.87 bits per heavy atom. The van der Waals surface area contributed by atoms with E-state index in [4.69, 9.17) is 4.74 Å². The number of aromatic nitrogens is 5. The summed E-state index contributed by atoms with van der Waals surface area (Å²) in [5.41, 5.74) is -1.67. The molecule has 0 spiro atoms. The van der Waals surface area contributed by atoms with Crippen molar-refractivity contribution in [3.05, 3.63) is 47.9 Å². The minimum atomic E-state index is -4.87. The van der Waals surface area contributed by atoms with Crippen molar-refractivity contribution in [3.63, 3.8) is 0 Å². The van der Waals surface area contributed by atoms with Crippen LogP contribution in [0.15, 0.2) is 36.7 Å². The standard InChI is InChI=1S/C19H20F3N7O2/c1-4-28(5-2)14-7-6-12(10-23-14)25-18(30)13-11-24-29(17(13)19(20,21)22)15-8-9-16(31-3)27-26-15/h6-11H,4-5H2,1-3H3,(H,25,30). The van der Waals surface area contributed by atoms with Crippen LogP contribution < -0.4 is 15.0 Å². The van der Waals surface area contributed by atoms with Crippen molar-refractivity contribution in [1.82, 2.24) is 25.0 Å². The number of hydrogen-bond donors (Lipinski definition) is 1. The summed E-state index contributed by atoms with van der Waals surface area (Å²) >= 11 is 0. The van der Waals surface area contributed by atoms with Crippen molar-refractivity contribution in [1.29, 1.82) is 0 Å². The number of hydrogen-bond acceptors (Lipinski definition) is 7. The largest absolute Gasteiger partial charge is 0.480 e. The molecule has 3 aromatic heterocycles. The maximum atomic E-state index is 13.8. The van der Waals surface area contributed by atoms with Gasteiger partial charge in [-0.3, -0.25) is 4.79 Å². The molecule has 0 aromatic carbocycles. The van der Waals surface area contributed by atoms with E-state index in [2.05, 4.69) is 25.6 Å². The van der Waals surface area contributed by atoms with Crippen molar-refractivity contribution in [2.24, 2.45) is 0 Å². The molecule has 3 heterocycles. The Labute approximate surface area is 175 Å². The average Bonchev–Trinajstić information content (AvgIpc) is 3.22. The third kappa shape index (κ3) is 4.73. The first-order chi connectivity index (χ1) is 14.8. The summed E-state index contributed by atoms with van der Waals surface area (Å²) in [5.74, 6) is -0.358. The lowest BCUT2D eigenvalue weighted by Gasteiger charge is -2.19. The number of nitrogens with zero attached hydrogens (tertiary/aromatic N) is 6. The summed E-state index contributed by atoms with van der Waals surface area (Å²) in [5, 5.41) is 13.4. The van der Waals surface area contributed by atoms with Gasteiger partial charge in [0.1, 0.15) is 5.82 Å². The van der Waals surface area contributed by atoms with Crippen molar-refractivity contribution in [2.75, 3.05) is 30.4 Å². The third-order valence-corrected chi connectivity index (χ3v) is 4.43. The molecule has 0 atom stereocenters. The summed E-state index contributed by atoms with van der Waals surface area (Å²) in [6.45, 7) is 5.45. The molecular weight excluding hydrogens is 415 g/mol. The fourth-order valence-corrected chi connectivity index (χ4v) is 2.89. The highest BCUT2D eigenvalue weighted by atomic mass is 19.4. The van der Waals surface area contributed by atoms with Crippen LogP contribution in [0, 0.1) is 0 Å². The molecule has 164 valence electrons. The molecule has 12 heteroatoms. The molecule has 0 saturated heterocycles. The fourth-order valence-electron chi connectivity index (χ4n) is 2.89. The van der Waals surface area contributed by atoms with Crippen LogP contribution in [-0.4, -0.2) is 51.1 Å². The topological polar surface area (TPSA) is 98.1 Å². The van der Waals surface area contributed by atoms with Gasteiger partial charge in [-0.1, -0.05) is 0 Å². The van der Waals surface area contributed by atoms with E-state index in [0.29, 0.717) is 10.5 Å². The number of pyridine rings is 1. The van der Waals surface area contributed by atoms with E-state index in [-0.39, 0.29) is 17.4 Å². The molecule has 31 heavy (non-hydrogen) atoms. The first-order valence-electron chi connectivity index (χ1n) is 9.34. The van der Waals surface area contributed by atoms with Gasteiger partial charge >= 0.3 is 6.18 Å². The minimum Gasteiger partial charge on any atom is -0.480 e. The Kier molecular flexibility index (Phi) is 6.37. The molecule has 0 bridgehead atoms. The van der Waals surface area contributed by atoms with Gasteiger partial charge in [0, 0.05) is 19.2 Å². The molecule has 9 nitrogen and oxygen atoms in total. The SMILES string of the molecule is CCN(CC)c1ccc(NC(=O)c2cnn(-c3ccc(OC)nn3)c2C(F)(F)F)cn1. The number of alkyl halides is 3. The molecule has 3 aromatic rings. The van der Waals surface area contributed by atoms with Crippen molar-refractivity contribution >= 4 is 17.4 Å². The Bertz CT molecular complexity index is 1030. The highest BCUT2D eigenvalue weighted by Gasteiger charge is 2.41. The van der Waals surface area contributed by atoms with Crippen molar-refractivity contribution < 1.29 is 22.7 Å². The molecule has 0 aliphatic carbocycles. The van der Waals surface area contributed by atoms with Gasteiger partial charge < -0.3 is 15.0 Å². The molecule has 1 amide bonds. The number of anilines is 2. The van der Waals surface area contributed by atoms with Crippen LogP contribution in [0.4, 0.5) is 24.7 Å². The molecular formula is C19H20F3N7O2. The smallest absolute Gasteiger partial charge is 0.434 e. The van der Waals surface area contributed by atoms with E-state index in [1.165, 1.54) is 25.4 Å². The van der Waals surface area contributed by atoms with Gasteiger partial charge in [-0.15, -0.1) is 10.2 Å².